The summed E-state index contributed by atoms with van der Waals surface area (Å²) >= 11 is 6.15. The molecule has 2 aromatic rings. The van der Waals surface area contributed by atoms with Crippen LogP contribution < -0.4 is 10.9 Å². The highest BCUT2D eigenvalue weighted by atomic mass is 35.5. The second kappa shape index (κ2) is 7.22. The highest BCUT2D eigenvalue weighted by molar-refractivity contribution is 6.30. The Labute approximate surface area is 146 Å². The van der Waals surface area contributed by atoms with Crippen LogP contribution in [-0.2, 0) is 16.8 Å². The lowest BCUT2D eigenvalue weighted by Gasteiger charge is -2.30. The number of hydrogen-bond acceptors (Lipinski definition) is 2. The van der Waals surface area contributed by atoms with Crippen molar-refractivity contribution in [1.29, 1.82) is 0 Å². The Kier molecular flexibility index (Phi) is 5.05. The van der Waals surface area contributed by atoms with Gasteiger partial charge >= 0.3 is 0 Å². The molecule has 0 saturated heterocycles. The maximum absolute atomic E-state index is 12.3. The van der Waals surface area contributed by atoms with Crippen LogP contribution in [0.5, 0.6) is 0 Å². The molecular weight excluding hydrogens is 324 g/mol. The van der Waals surface area contributed by atoms with E-state index in [1.54, 1.807) is 18.3 Å². The normalized spacial score (nSPS) is 16.0. The van der Waals surface area contributed by atoms with Gasteiger partial charge in [-0.25, -0.2) is 0 Å². The zero-order valence-corrected chi connectivity index (χ0v) is 14.3. The van der Waals surface area contributed by atoms with Crippen LogP contribution in [0.2, 0.25) is 5.02 Å². The first-order valence-electron chi connectivity index (χ1n) is 8.27. The van der Waals surface area contributed by atoms with E-state index in [1.807, 2.05) is 18.2 Å². The van der Waals surface area contributed by atoms with Crippen LogP contribution in [0.15, 0.2) is 53.5 Å². The van der Waals surface area contributed by atoms with Crippen molar-refractivity contribution in [3.8, 4) is 0 Å². The highest BCUT2D eigenvalue weighted by Crippen LogP contribution is 2.41. The van der Waals surface area contributed by atoms with Crippen molar-refractivity contribution in [1.82, 2.24) is 9.88 Å². The van der Waals surface area contributed by atoms with Crippen LogP contribution in [0.3, 0.4) is 0 Å². The molecule has 1 heterocycles. The first-order valence-corrected chi connectivity index (χ1v) is 8.65. The summed E-state index contributed by atoms with van der Waals surface area (Å²) in [5.74, 6) is -0.142. The Hall–Kier alpha value is -2.07. The van der Waals surface area contributed by atoms with Gasteiger partial charge in [0.1, 0.15) is 6.54 Å². The SMILES string of the molecule is O=C(Cn1ccccc1=O)NCC1(c2cccc(Cl)c2)CCCC1. The molecule has 1 saturated carbocycles. The minimum atomic E-state index is -0.168. The largest absolute Gasteiger partial charge is 0.354 e. The Morgan fingerprint density at radius 1 is 1.17 bits per heavy atom. The zero-order valence-electron chi connectivity index (χ0n) is 13.5. The van der Waals surface area contributed by atoms with Gasteiger partial charge in [-0.2, -0.15) is 0 Å². The third-order valence-electron chi connectivity index (χ3n) is 4.83. The third-order valence-corrected chi connectivity index (χ3v) is 5.07. The van der Waals surface area contributed by atoms with Crippen LogP contribution in [0.1, 0.15) is 31.2 Å². The van der Waals surface area contributed by atoms with E-state index >= 15 is 0 Å². The lowest BCUT2D eigenvalue weighted by molar-refractivity contribution is -0.122. The van der Waals surface area contributed by atoms with Gasteiger partial charge in [0.15, 0.2) is 0 Å². The molecule has 5 heteroatoms. The molecule has 0 unspecified atom stereocenters. The van der Waals surface area contributed by atoms with Gasteiger partial charge in [0.25, 0.3) is 5.56 Å². The van der Waals surface area contributed by atoms with Gasteiger partial charge in [-0.15, -0.1) is 0 Å². The number of carbonyl (C=O) groups is 1. The molecule has 0 aliphatic heterocycles. The molecule has 1 aliphatic rings. The molecular formula is C19H21ClN2O2. The minimum Gasteiger partial charge on any atom is -0.354 e. The third kappa shape index (κ3) is 3.70. The molecule has 4 nitrogen and oxygen atoms in total. The number of benzene rings is 1. The van der Waals surface area contributed by atoms with Gasteiger partial charge in [0.2, 0.25) is 5.91 Å². The molecule has 0 bridgehead atoms. The van der Waals surface area contributed by atoms with Crippen molar-refractivity contribution >= 4 is 17.5 Å². The predicted molar refractivity (Wildman–Crippen MR) is 95.3 cm³/mol. The van der Waals surface area contributed by atoms with Crippen LogP contribution in [0.25, 0.3) is 0 Å². The number of carbonyl (C=O) groups excluding carboxylic acids is 1. The second-order valence-electron chi connectivity index (χ2n) is 6.44. The van der Waals surface area contributed by atoms with Gasteiger partial charge in [-0.3, -0.25) is 9.59 Å². The van der Waals surface area contributed by atoms with Crippen molar-refractivity contribution < 1.29 is 4.79 Å². The summed E-state index contributed by atoms with van der Waals surface area (Å²) in [6.45, 7) is 0.624. The Morgan fingerprint density at radius 3 is 2.67 bits per heavy atom. The Morgan fingerprint density at radius 2 is 1.96 bits per heavy atom. The van der Waals surface area contributed by atoms with Crippen molar-refractivity contribution in [2.24, 2.45) is 0 Å². The van der Waals surface area contributed by atoms with Gasteiger partial charge in [-0.05, 0) is 36.6 Å². The van der Waals surface area contributed by atoms with E-state index < -0.39 is 0 Å². The highest BCUT2D eigenvalue weighted by Gasteiger charge is 2.36. The van der Waals surface area contributed by atoms with Gasteiger partial charge < -0.3 is 9.88 Å². The lowest BCUT2D eigenvalue weighted by Crippen LogP contribution is -2.41. The molecule has 1 aromatic carbocycles. The Balaban J connectivity index is 1.70. The van der Waals surface area contributed by atoms with E-state index in [9.17, 15) is 9.59 Å². The van der Waals surface area contributed by atoms with Gasteiger partial charge in [0, 0.05) is 29.2 Å². The number of nitrogens with one attached hydrogen (secondary N) is 1. The van der Waals surface area contributed by atoms with E-state index in [-0.39, 0.29) is 23.4 Å². The second-order valence-corrected chi connectivity index (χ2v) is 6.88. The molecule has 126 valence electrons. The number of hydrogen-bond donors (Lipinski definition) is 1. The summed E-state index contributed by atoms with van der Waals surface area (Å²) in [6.07, 6.45) is 6.02. The number of nitrogens with zero attached hydrogens (tertiary/aromatic N) is 1. The monoisotopic (exact) mass is 344 g/mol. The van der Waals surface area contributed by atoms with Crippen molar-refractivity contribution in [2.75, 3.05) is 6.54 Å². The molecule has 1 amide bonds. The smallest absolute Gasteiger partial charge is 0.250 e. The first-order chi connectivity index (χ1) is 11.6. The summed E-state index contributed by atoms with van der Waals surface area (Å²) in [4.78, 5) is 24.0. The van der Waals surface area contributed by atoms with Crippen LogP contribution in [0.4, 0.5) is 0 Å². The lowest BCUT2D eigenvalue weighted by atomic mass is 9.79. The molecule has 3 rings (SSSR count). The maximum atomic E-state index is 12.3. The van der Waals surface area contributed by atoms with E-state index in [4.69, 9.17) is 11.6 Å². The molecule has 1 aromatic heterocycles. The molecule has 0 radical (unpaired) electrons. The predicted octanol–water partition coefficient (Wildman–Crippen LogP) is 3.13. The molecule has 24 heavy (non-hydrogen) atoms. The number of pyridine rings is 1. The van der Waals surface area contributed by atoms with Crippen LogP contribution >= 0.6 is 11.6 Å². The fourth-order valence-corrected chi connectivity index (χ4v) is 3.70. The number of rotatable bonds is 5. The zero-order chi connectivity index (χ0) is 17.0. The topological polar surface area (TPSA) is 51.1 Å². The van der Waals surface area contributed by atoms with Crippen LogP contribution in [-0.4, -0.2) is 17.0 Å². The summed E-state index contributed by atoms with van der Waals surface area (Å²) in [7, 11) is 0. The molecule has 1 N–H and O–H groups in total. The summed E-state index contributed by atoms with van der Waals surface area (Å²) < 4.78 is 1.41. The number of halogens is 1. The molecule has 1 fully saturated rings. The quantitative estimate of drug-likeness (QED) is 0.906. The number of amides is 1. The van der Waals surface area contributed by atoms with Crippen molar-refractivity contribution in [2.45, 2.75) is 37.6 Å². The van der Waals surface area contributed by atoms with E-state index in [1.165, 1.54) is 16.2 Å². The maximum Gasteiger partial charge on any atom is 0.250 e. The standard InChI is InChI=1S/C19H21ClN2O2/c20-16-7-5-6-15(12-16)19(9-2-3-10-19)14-21-17(23)13-22-11-4-1-8-18(22)24/h1,4-8,11-12H,2-3,9-10,13-14H2,(H,21,23). The van der Waals surface area contributed by atoms with E-state index in [0.29, 0.717) is 6.54 Å². The van der Waals surface area contributed by atoms with Crippen LogP contribution in [0, 0.1) is 0 Å². The first kappa shape index (κ1) is 16.8. The minimum absolute atomic E-state index is 0.0469. The molecule has 0 atom stereocenters. The fourth-order valence-electron chi connectivity index (χ4n) is 3.51. The van der Waals surface area contributed by atoms with Gasteiger partial charge in [0.05, 0.1) is 0 Å². The van der Waals surface area contributed by atoms with E-state index in [2.05, 4.69) is 11.4 Å². The fraction of sp³-hybridized carbons (Fsp3) is 0.368. The van der Waals surface area contributed by atoms with Gasteiger partial charge in [-0.1, -0.05) is 42.6 Å². The molecule has 0 spiro atoms. The summed E-state index contributed by atoms with van der Waals surface area (Å²) in [6, 6.07) is 12.8. The summed E-state index contributed by atoms with van der Waals surface area (Å²) in [5, 5.41) is 3.74. The Bertz CT molecular complexity index is 779. The van der Waals surface area contributed by atoms with E-state index in [0.717, 1.165) is 30.7 Å². The molecule has 1 aliphatic carbocycles. The number of aromatic nitrogens is 1. The van der Waals surface area contributed by atoms with Crippen molar-refractivity contribution in [3.63, 3.8) is 0 Å². The summed E-state index contributed by atoms with van der Waals surface area (Å²) in [5.41, 5.74) is 0.963. The van der Waals surface area contributed by atoms with Crippen molar-refractivity contribution in [3.05, 3.63) is 69.6 Å². The average molecular weight is 345 g/mol. The average Bonchev–Trinajstić information content (AvgIpc) is 3.05.